The predicted molar refractivity (Wildman–Crippen MR) is 118 cm³/mol. The van der Waals surface area contributed by atoms with Crippen LogP contribution in [0, 0.1) is 5.92 Å². The lowest BCUT2D eigenvalue weighted by Crippen LogP contribution is -2.36. The highest BCUT2D eigenvalue weighted by Gasteiger charge is 2.41. The molecular formula is C23H23Cl2F3N2O2. The second kappa shape index (κ2) is 10.1. The van der Waals surface area contributed by atoms with E-state index in [0.717, 1.165) is 25.0 Å². The Morgan fingerprint density at radius 3 is 2.53 bits per heavy atom. The summed E-state index contributed by atoms with van der Waals surface area (Å²) in [6, 6.07) is 9.42. The number of hydrogen-bond acceptors (Lipinski definition) is 2. The largest absolute Gasteiger partial charge is 0.416 e. The molecule has 9 heteroatoms. The smallest absolute Gasteiger partial charge is 0.356 e. The zero-order valence-corrected chi connectivity index (χ0v) is 18.9. The Labute approximate surface area is 194 Å². The number of nitrogens with zero attached hydrogens (tertiary/aromatic N) is 1. The van der Waals surface area contributed by atoms with Gasteiger partial charge in [0.25, 0.3) is 5.91 Å². The first kappa shape index (κ1) is 24.4. The van der Waals surface area contributed by atoms with Gasteiger partial charge in [0.1, 0.15) is 0 Å². The summed E-state index contributed by atoms with van der Waals surface area (Å²) < 4.78 is 39.8. The Kier molecular flexibility index (Phi) is 7.72. The van der Waals surface area contributed by atoms with Crippen LogP contribution in [0.4, 0.5) is 13.2 Å². The van der Waals surface area contributed by atoms with E-state index in [4.69, 9.17) is 23.2 Å². The van der Waals surface area contributed by atoms with Crippen LogP contribution in [0.5, 0.6) is 0 Å². The van der Waals surface area contributed by atoms with Crippen LogP contribution < -0.4 is 5.32 Å². The van der Waals surface area contributed by atoms with Gasteiger partial charge in [-0.25, -0.2) is 0 Å². The summed E-state index contributed by atoms with van der Waals surface area (Å²) in [4.78, 5) is 27.4. The van der Waals surface area contributed by atoms with E-state index in [1.807, 2.05) is 6.92 Å². The van der Waals surface area contributed by atoms with E-state index in [1.54, 1.807) is 6.07 Å². The molecule has 0 saturated carbocycles. The van der Waals surface area contributed by atoms with Crippen molar-refractivity contribution in [2.75, 3.05) is 19.6 Å². The van der Waals surface area contributed by atoms with E-state index >= 15 is 0 Å². The lowest BCUT2D eigenvalue weighted by molar-refractivity contribution is -0.137. The van der Waals surface area contributed by atoms with Crippen LogP contribution in [0.1, 0.15) is 47.2 Å². The number of carbonyl (C=O) groups excluding carboxylic acids is 2. The quantitative estimate of drug-likeness (QED) is 0.525. The molecular weight excluding hydrogens is 464 g/mol. The highest BCUT2D eigenvalue weighted by atomic mass is 35.5. The van der Waals surface area contributed by atoms with Gasteiger partial charge in [0.15, 0.2) is 0 Å². The SMILES string of the molecule is CCCCNC(=O)[C@H]1CN(C(=O)c2ccc(Cl)cc2Cl)C[C@@H]1c1cccc(C(F)(F)F)c1. The van der Waals surface area contributed by atoms with Gasteiger partial charge >= 0.3 is 6.18 Å². The summed E-state index contributed by atoms with van der Waals surface area (Å²) in [6.07, 6.45) is -2.82. The summed E-state index contributed by atoms with van der Waals surface area (Å²) >= 11 is 12.1. The maximum Gasteiger partial charge on any atom is 0.416 e. The predicted octanol–water partition coefficient (Wildman–Crippen LogP) is 5.78. The molecule has 0 bridgehead atoms. The first-order chi connectivity index (χ1) is 15.1. The highest BCUT2D eigenvalue weighted by molar-refractivity contribution is 6.36. The molecule has 1 fully saturated rings. The fraction of sp³-hybridized carbons (Fsp3) is 0.391. The normalized spacial score (nSPS) is 18.6. The van der Waals surface area contributed by atoms with Crippen LogP contribution in [0.25, 0.3) is 0 Å². The molecule has 4 nitrogen and oxygen atoms in total. The Bertz CT molecular complexity index is 997. The molecule has 1 aliphatic rings. The maximum atomic E-state index is 13.3. The van der Waals surface area contributed by atoms with Crippen molar-refractivity contribution in [3.8, 4) is 0 Å². The van der Waals surface area contributed by atoms with Crippen molar-refractivity contribution < 1.29 is 22.8 Å². The van der Waals surface area contributed by atoms with Crippen LogP contribution in [-0.2, 0) is 11.0 Å². The molecule has 0 unspecified atom stereocenters. The second-order valence-corrected chi connectivity index (χ2v) is 8.66. The fourth-order valence-electron chi connectivity index (χ4n) is 3.87. The number of nitrogens with one attached hydrogen (secondary N) is 1. The molecule has 0 aliphatic carbocycles. The van der Waals surface area contributed by atoms with Crippen LogP contribution in [-0.4, -0.2) is 36.3 Å². The molecule has 1 saturated heterocycles. The molecule has 172 valence electrons. The van der Waals surface area contributed by atoms with Crippen LogP contribution in [0.2, 0.25) is 10.0 Å². The molecule has 2 amide bonds. The topological polar surface area (TPSA) is 49.4 Å². The van der Waals surface area contributed by atoms with Crippen LogP contribution in [0.15, 0.2) is 42.5 Å². The molecule has 1 heterocycles. The van der Waals surface area contributed by atoms with E-state index in [0.29, 0.717) is 17.1 Å². The van der Waals surface area contributed by atoms with Gasteiger partial charge in [0, 0.05) is 30.6 Å². The number of hydrogen-bond donors (Lipinski definition) is 1. The van der Waals surface area contributed by atoms with E-state index in [2.05, 4.69) is 5.32 Å². The molecule has 2 atom stereocenters. The van der Waals surface area contributed by atoms with Crippen LogP contribution in [0.3, 0.4) is 0 Å². The number of alkyl halides is 3. The molecule has 0 aromatic heterocycles. The van der Waals surface area contributed by atoms with Gasteiger partial charge in [-0.2, -0.15) is 13.2 Å². The summed E-state index contributed by atoms with van der Waals surface area (Å²) in [5.41, 5.74) is -0.190. The number of amides is 2. The van der Waals surface area contributed by atoms with Crippen LogP contribution >= 0.6 is 23.2 Å². The van der Waals surface area contributed by atoms with Crippen molar-refractivity contribution in [2.45, 2.75) is 31.9 Å². The lowest BCUT2D eigenvalue weighted by atomic mass is 9.87. The average Bonchev–Trinajstić information content (AvgIpc) is 3.18. The lowest BCUT2D eigenvalue weighted by Gasteiger charge is -2.19. The van der Waals surface area contributed by atoms with Gasteiger partial charge in [-0.3, -0.25) is 9.59 Å². The van der Waals surface area contributed by atoms with Crippen molar-refractivity contribution >= 4 is 35.0 Å². The van der Waals surface area contributed by atoms with Gasteiger partial charge in [0.2, 0.25) is 5.91 Å². The first-order valence-electron chi connectivity index (χ1n) is 10.3. The summed E-state index contributed by atoms with van der Waals surface area (Å²) in [5, 5.41) is 3.40. The molecule has 2 aromatic carbocycles. The molecule has 2 aromatic rings. The van der Waals surface area contributed by atoms with Gasteiger partial charge in [-0.05, 0) is 36.2 Å². The Hall–Kier alpha value is -2.25. The van der Waals surface area contributed by atoms with E-state index < -0.39 is 29.5 Å². The number of unbranched alkanes of at least 4 members (excludes halogenated alkanes) is 1. The van der Waals surface area contributed by atoms with Crippen molar-refractivity contribution in [3.63, 3.8) is 0 Å². The minimum Gasteiger partial charge on any atom is -0.356 e. The molecule has 0 radical (unpaired) electrons. The Morgan fingerprint density at radius 2 is 1.88 bits per heavy atom. The number of benzene rings is 2. The zero-order chi connectivity index (χ0) is 23.5. The number of halogens is 5. The number of rotatable bonds is 6. The van der Waals surface area contributed by atoms with E-state index in [9.17, 15) is 22.8 Å². The molecule has 32 heavy (non-hydrogen) atoms. The molecule has 3 rings (SSSR count). The first-order valence-corrected chi connectivity index (χ1v) is 11.1. The summed E-state index contributed by atoms with van der Waals surface area (Å²) in [5.74, 6) is -1.93. The van der Waals surface area contributed by atoms with Gasteiger partial charge in [0.05, 0.1) is 22.1 Å². The second-order valence-electron chi connectivity index (χ2n) is 7.82. The third kappa shape index (κ3) is 5.56. The number of carbonyl (C=O) groups is 2. The maximum absolute atomic E-state index is 13.3. The van der Waals surface area contributed by atoms with Crippen molar-refractivity contribution in [2.24, 2.45) is 5.92 Å². The minimum absolute atomic E-state index is 0.0800. The summed E-state index contributed by atoms with van der Waals surface area (Å²) in [7, 11) is 0. The monoisotopic (exact) mass is 486 g/mol. The standard InChI is InChI=1S/C23H23Cl2F3N2O2/c1-2-3-9-29-21(31)19-13-30(22(32)17-8-7-16(24)11-20(17)25)12-18(19)14-5-4-6-15(10-14)23(26,27)28/h4-8,10-11,18-19H,2-3,9,12-13H2,1H3,(H,29,31)/t18-,19+/m1/s1. The summed E-state index contributed by atoms with van der Waals surface area (Å²) in [6.45, 7) is 2.64. The number of likely N-dealkylation sites (tertiary alicyclic amines) is 1. The Balaban J connectivity index is 1.90. The minimum atomic E-state index is -4.50. The Morgan fingerprint density at radius 1 is 1.12 bits per heavy atom. The fourth-order valence-corrected chi connectivity index (χ4v) is 4.36. The van der Waals surface area contributed by atoms with Crippen molar-refractivity contribution in [1.29, 1.82) is 0 Å². The van der Waals surface area contributed by atoms with Crippen molar-refractivity contribution in [3.05, 3.63) is 69.2 Å². The molecule has 1 N–H and O–H groups in total. The highest BCUT2D eigenvalue weighted by Crippen LogP contribution is 2.37. The van der Waals surface area contributed by atoms with Crippen molar-refractivity contribution in [1.82, 2.24) is 10.2 Å². The molecule has 0 spiro atoms. The third-order valence-corrected chi connectivity index (χ3v) is 6.12. The van der Waals surface area contributed by atoms with Gasteiger partial charge in [-0.1, -0.05) is 54.7 Å². The zero-order valence-electron chi connectivity index (χ0n) is 17.4. The van der Waals surface area contributed by atoms with Gasteiger partial charge < -0.3 is 10.2 Å². The third-order valence-electron chi connectivity index (χ3n) is 5.58. The molecule has 1 aliphatic heterocycles. The van der Waals surface area contributed by atoms with Gasteiger partial charge in [-0.15, -0.1) is 0 Å². The van der Waals surface area contributed by atoms with E-state index in [-0.39, 0.29) is 29.6 Å². The average molecular weight is 487 g/mol. The van der Waals surface area contributed by atoms with E-state index in [1.165, 1.54) is 29.2 Å².